The predicted octanol–water partition coefficient (Wildman–Crippen LogP) is 3.03. The number of carbonyl (C=O) groups is 1. The van der Waals surface area contributed by atoms with E-state index in [1.807, 2.05) is 31.2 Å². The highest BCUT2D eigenvalue weighted by Gasteiger charge is 2.20. The summed E-state index contributed by atoms with van der Waals surface area (Å²) in [4.78, 5) is 31.9. The van der Waals surface area contributed by atoms with Gasteiger partial charge in [0.1, 0.15) is 28.6 Å². The van der Waals surface area contributed by atoms with Crippen LogP contribution in [0.2, 0.25) is 0 Å². The van der Waals surface area contributed by atoms with E-state index in [0.717, 1.165) is 11.3 Å². The van der Waals surface area contributed by atoms with Crippen LogP contribution in [0, 0.1) is 6.92 Å². The molecule has 8 nitrogen and oxygen atoms in total. The summed E-state index contributed by atoms with van der Waals surface area (Å²) in [5.74, 6) is 0.392. The maximum atomic E-state index is 13.2. The fraction of sp³-hybridized carbons (Fsp3) is 0.200. The van der Waals surface area contributed by atoms with E-state index >= 15 is 0 Å². The van der Waals surface area contributed by atoms with E-state index in [1.54, 1.807) is 30.3 Å². The minimum absolute atomic E-state index is 0.155. The van der Waals surface area contributed by atoms with Crippen LogP contribution in [0.1, 0.15) is 11.3 Å². The molecule has 1 aromatic carbocycles. The van der Waals surface area contributed by atoms with Crippen LogP contribution in [0.4, 0.5) is 5.69 Å². The van der Waals surface area contributed by atoms with Gasteiger partial charge in [-0.2, -0.15) is 5.10 Å². The van der Waals surface area contributed by atoms with Gasteiger partial charge in [0.15, 0.2) is 5.65 Å². The quantitative estimate of drug-likeness (QED) is 0.461. The Labute approximate surface area is 174 Å². The smallest absolute Gasteiger partial charge is 0.266 e. The van der Waals surface area contributed by atoms with Gasteiger partial charge in [0.2, 0.25) is 5.91 Å². The SMILES string of the molecule is Cc1ccc(N(Cc2ccco2)C(=O)Cn2cnc3c(c(Br)nn3C)c2=O)cc1. The van der Waals surface area contributed by atoms with Crippen molar-refractivity contribution in [3.8, 4) is 0 Å². The lowest BCUT2D eigenvalue weighted by Crippen LogP contribution is -2.36. The second-order valence-corrected chi connectivity index (χ2v) is 7.44. The van der Waals surface area contributed by atoms with E-state index < -0.39 is 0 Å². The van der Waals surface area contributed by atoms with E-state index in [-0.39, 0.29) is 24.6 Å². The maximum Gasteiger partial charge on any atom is 0.266 e. The van der Waals surface area contributed by atoms with E-state index in [9.17, 15) is 9.59 Å². The molecule has 148 valence electrons. The number of nitrogens with zero attached hydrogens (tertiary/aromatic N) is 5. The van der Waals surface area contributed by atoms with Crippen LogP contribution in [0.3, 0.4) is 0 Å². The van der Waals surface area contributed by atoms with Gasteiger partial charge in [0.05, 0.1) is 12.8 Å². The van der Waals surface area contributed by atoms with Crippen LogP contribution >= 0.6 is 15.9 Å². The second kappa shape index (κ2) is 7.67. The van der Waals surface area contributed by atoms with E-state index in [4.69, 9.17) is 4.42 Å². The molecule has 0 aliphatic rings. The van der Waals surface area contributed by atoms with Crippen LogP contribution in [-0.4, -0.2) is 25.2 Å². The molecule has 0 unspecified atom stereocenters. The standard InChI is InChI=1S/C20H18BrN5O3/c1-13-5-7-14(8-6-13)26(10-15-4-3-9-29-15)16(27)11-25-12-22-19-17(20(25)28)18(21)23-24(19)2/h3-9,12H,10-11H2,1-2H3. The van der Waals surface area contributed by atoms with Crippen LogP contribution in [-0.2, 0) is 24.9 Å². The molecule has 1 amide bonds. The van der Waals surface area contributed by atoms with Crippen molar-refractivity contribution >= 4 is 38.6 Å². The summed E-state index contributed by atoms with van der Waals surface area (Å²) < 4.78 is 8.63. The van der Waals surface area contributed by atoms with Gasteiger partial charge in [-0.05, 0) is 47.1 Å². The molecule has 0 saturated heterocycles. The van der Waals surface area contributed by atoms with E-state index in [2.05, 4.69) is 26.0 Å². The van der Waals surface area contributed by atoms with E-state index in [0.29, 0.717) is 21.4 Å². The number of hydrogen-bond acceptors (Lipinski definition) is 5. The number of aryl methyl sites for hydroxylation is 2. The first-order chi connectivity index (χ1) is 13.9. The molecule has 4 aromatic rings. The Morgan fingerprint density at radius 2 is 2.00 bits per heavy atom. The minimum atomic E-state index is -0.329. The predicted molar refractivity (Wildman–Crippen MR) is 112 cm³/mol. The number of hydrogen-bond donors (Lipinski definition) is 0. The van der Waals surface area contributed by atoms with E-state index in [1.165, 1.54) is 15.6 Å². The van der Waals surface area contributed by atoms with Gasteiger partial charge in [0.25, 0.3) is 5.56 Å². The molecule has 0 fully saturated rings. The first-order valence-corrected chi connectivity index (χ1v) is 9.70. The fourth-order valence-corrected chi connectivity index (χ4v) is 3.67. The summed E-state index contributed by atoms with van der Waals surface area (Å²) >= 11 is 3.29. The fourth-order valence-electron chi connectivity index (χ4n) is 3.09. The summed E-state index contributed by atoms with van der Waals surface area (Å²) in [7, 11) is 1.71. The molecule has 0 spiro atoms. The average Bonchev–Trinajstić information content (AvgIpc) is 3.31. The molecule has 0 atom stereocenters. The first kappa shape index (κ1) is 19.1. The van der Waals surface area contributed by atoms with Gasteiger partial charge in [-0.15, -0.1) is 0 Å². The average molecular weight is 456 g/mol. The molecule has 9 heteroatoms. The van der Waals surface area contributed by atoms with Crippen molar-refractivity contribution in [2.45, 2.75) is 20.0 Å². The van der Waals surface area contributed by atoms with Gasteiger partial charge in [0, 0.05) is 12.7 Å². The molecular weight excluding hydrogens is 438 g/mol. The topological polar surface area (TPSA) is 86.2 Å². The Hall–Kier alpha value is -3.20. The lowest BCUT2D eigenvalue weighted by Gasteiger charge is -2.22. The van der Waals surface area contributed by atoms with Gasteiger partial charge in [-0.3, -0.25) is 14.2 Å². The third-order valence-electron chi connectivity index (χ3n) is 4.61. The highest BCUT2D eigenvalue weighted by atomic mass is 79.9. The molecule has 3 aromatic heterocycles. The summed E-state index contributed by atoms with van der Waals surface area (Å²) in [5, 5.41) is 4.51. The molecule has 0 N–H and O–H groups in total. The Morgan fingerprint density at radius 3 is 2.69 bits per heavy atom. The summed E-state index contributed by atoms with van der Waals surface area (Å²) in [6.07, 6.45) is 2.94. The van der Waals surface area contributed by atoms with Crippen molar-refractivity contribution < 1.29 is 9.21 Å². The summed E-state index contributed by atoms with van der Waals surface area (Å²) in [5.41, 5.74) is 1.94. The van der Waals surface area contributed by atoms with Crippen LogP contribution in [0.15, 0.2) is 62.8 Å². The molecule has 4 rings (SSSR count). The van der Waals surface area contributed by atoms with Crippen molar-refractivity contribution in [2.75, 3.05) is 4.90 Å². The normalized spacial score (nSPS) is 11.1. The minimum Gasteiger partial charge on any atom is -0.467 e. The lowest BCUT2D eigenvalue weighted by atomic mass is 10.2. The van der Waals surface area contributed by atoms with Crippen LogP contribution < -0.4 is 10.5 Å². The molecule has 0 saturated carbocycles. The van der Waals surface area contributed by atoms with Crippen molar-refractivity contribution in [3.05, 3.63) is 75.3 Å². The lowest BCUT2D eigenvalue weighted by molar-refractivity contribution is -0.119. The Morgan fingerprint density at radius 1 is 1.24 bits per heavy atom. The largest absolute Gasteiger partial charge is 0.467 e. The van der Waals surface area contributed by atoms with Gasteiger partial charge in [-0.1, -0.05) is 17.7 Å². The van der Waals surface area contributed by atoms with Crippen molar-refractivity contribution in [2.24, 2.45) is 7.05 Å². The van der Waals surface area contributed by atoms with Crippen molar-refractivity contribution in [1.29, 1.82) is 0 Å². The number of rotatable bonds is 5. The number of benzene rings is 1. The first-order valence-electron chi connectivity index (χ1n) is 8.91. The maximum absolute atomic E-state index is 13.2. The Balaban J connectivity index is 1.68. The number of carbonyl (C=O) groups excluding carboxylic acids is 1. The third kappa shape index (κ3) is 3.73. The molecule has 0 aliphatic carbocycles. The molecule has 3 heterocycles. The molecule has 0 radical (unpaired) electrons. The second-order valence-electron chi connectivity index (χ2n) is 6.69. The zero-order chi connectivity index (χ0) is 20.5. The van der Waals surface area contributed by atoms with Gasteiger partial charge >= 0.3 is 0 Å². The van der Waals surface area contributed by atoms with Gasteiger partial charge < -0.3 is 9.32 Å². The number of amides is 1. The zero-order valence-corrected chi connectivity index (χ0v) is 17.5. The monoisotopic (exact) mass is 455 g/mol. The zero-order valence-electron chi connectivity index (χ0n) is 15.9. The third-order valence-corrected chi connectivity index (χ3v) is 5.17. The number of halogens is 1. The molecular formula is C20H18BrN5O3. The number of anilines is 1. The van der Waals surface area contributed by atoms with Crippen LogP contribution in [0.25, 0.3) is 11.0 Å². The molecule has 0 aliphatic heterocycles. The van der Waals surface area contributed by atoms with Crippen molar-refractivity contribution in [1.82, 2.24) is 19.3 Å². The highest BCUT2D eigenvalue weighted by molar-refractivity contribution is 9.10. The van der Waals surface area contributed by atoms with Crippen LogP contribution in [0.5, 0.6) is 0 Å². The Bertz CT molecular complexity index is 1230. The Kier molecular flexibility index (Phi) is 5.06. The number of fused-ring (bicyclic) bond motifs is 1. The molecule has 29 heavy (non-hydrogen) atoms. The van der Waals surface area contributed by atoms with Crippen molar-refractivity contribution in [3.63, 3.8) is 0 Å². The molecule has 0 bridgehead atoms. The van der Waals surface area contributed by atoms with Gasteiger partial charge in [-0.25, -0.2) is 9.67 Å². The number of aromatic nitrogens is 4. The highest BCUT2D eigenvalue weighted by Crippen LogP contribution is 2.20. The number of furan rings is 1. The summed E-state index contributed by atoms with van der Waals surface area (Å²) in [6, 6.07) is 11.2. The summed E-state index contributed by atoms with van der Waals surface area (Å²) in [6.45, 7) is 2.09.